The number of para-hydroxylation sites is 1. The number of rotatable bonds is 2. The van der Waals surface area contributed by atoms with Crippen LogP contribution in [-0.2, 0) is 0 Å². The number of nitrogens with zero attached hydrogens (tertiary/aromatic N) is 1. The molecular formula is C16H15ClN2S. The molecule has 2 aromatic carbocycles. The van der Waals surface area contributed by atoms with Crippen molar-refractivity contribution in [1.29, 1.82) is 0 Å². The number of hydrogen-bond donors (Lipinski definition) is 1. The van der Waals surface area contributed by atoms with E-state index in [1.165, 1.54) is 5.56 Å². The molecule has 1 N–H and O–H groups in total. The number of fused-ring (bicyclic) bond motifs is 1. The number of benzene rings is 2. The van der Waals surface area contributed by atoms with E-state index in [-0.39, 0.29) is 0 Å². The lowest BCUT2D eigenvalue weighted by Crippen LogP contribution is -1.96. The maximum atomic E-state index is 6.22. The Hall–Kier alpha value is -1.58. The molecule has 0 spiro atoms. The molecule has 0 fully saturated rings. The Labute approximate surface area is 128 Å². The predicted octanol–water partition coefficient (Wildman–Crippen LogP) is 5.46. The van der Waals surface area contributed by atoms with Gasteiger partial charge in [-0.1, -0.05) is 43.6 Å². The SMILES string of the molecule is CC(C)c1cccc(-n2c(=S)[nH]c3c(Cl)cccc32)c1. The average Bonchev–Trinajstić information content (AvgIpc) is 2.77. The molecule has 0 aliphatic heterocycles. The van der Waals surface area contributed by atoms with Crippen LogP contribution in [0.5, 0.6) is 0 Å². The molecule has 20 heavy (non-hydrogen) atoms. The lowest BCUT2D eigenvalue weighted by Gasteiger charge is -2.09. The second kappa shape index (κ2) is 5.08. The molecule has 102 valence electrons. The van der Waals surface area contributed by atoms with E-state index in [1.807, 2.05) is 22.8 Å². The first kappa shape index (κ1) is 13.4. The summed E-state index contributed by atoms with van der Waals surface area (Å²) in [7, 11) is 0. The van der Waals surface area contributed by atoms with Crippen LogP contribution in [0.2, 0.25) is 5.02 Å². The quantitative estimate of drug-likeness (QED) is 0.623. The van der Waals surface area contributed by atoms with Gasteiger partial charge in [-0.2, -0.15) is 0 Å². The lowest BCUT2D eigenvalue weighted by molar-refractivity contribution is 0.863. The van der Waals surface area contributed by atoms with Gasteiger partial charge in [0.2, 0.25) is 0 Å². The zero-order valence-electron chi connectivity index (χ0n) is 11.4. The third kappa shape index (κ3) is 2.17. The molecule has 0 aliphatic rings. The van der Waals surface area contributed by atoms with Crippen LogP contribution < -0.4 is 0 Å². The van der Waals surface area contributed by atoms with E-state index >= 15 is 0 Å². The van der Waals surface area contributed by atoms with E-state index in [0.29, 0.717) is 15.7 Å². The third-order valence-corrected chi connectivity index (χ3v) is 4.06. The zero-order valence-corrected chi connectivity index (χ0v) is 12.9. The van der Waals surface area contributed by atoms with Gasteiger partial charge in [0.1, 0.15) is 0 Å². The summed E-state index contributed by atoms with van der Waals surface area (Å²) in [4.78, 5) is 3.19. The summed E-state index contributed by atoms with van der Waals surface area (Å²) in [6.07, 6.45) is 0. The minimum atomic E-state index is 0.484. The van der Waals surface area contributed by atoms with Crippen LogP contribution in [0.3, 0.4) is 0 Å². The monoisotopic (exact) mass is 302 g/mol. The van der Waals surface area contributed by atoms with Crippen molar-refractivity contribution < 1.29 is 0 Å². The standard InChI is InChI=1S/C16H15ClN2S/c1-10(2)11-5-3-6-12(9-11)19-14-8-4-7-13(17)15(14)18-16(19)20/h3-10H,1-2H3,(H,18,20). The first-order valence-corrected chi connectivity index (χ1v) is 7.36. The molecule has 0 unspecified atom stereocenters. The minimum Gasteiger partial charge on any atom is -0.329 e. The fourth-order valence-electron chi connectivity index (χ4n) is 2.37. The molecule has 1 heterocycles. The first-order chi connectivity index (χ1) is 9.58. The van der Waals surface area contributed by atoms with Crippen molar-refractivity contribution in [3.05, 3.63) is 57.8 Å². The summed E-state index contributed by atoms with van der Waals surface area (Å²) in [5.74, 6) is 0.484. The van der Waals surface area contributed by atoms with Crippen molar-refractivity contribution in [2.24, 2.45) is 0 Å². The predicted molar refractivity (Wildman–Crippen MR) is 87.6 cm³/mol. The maximum absolute atomic E-state index is 6.22. The summed E-state index contributed by atoms with van der Waals surface area (Å²) in [5, 5.41) is 0.687. The number of halogens is 1. The van der Waals surface area contributed by atoms with Crippen molar-refractivity contribution in [3.8, 4) is 5.69 Å². The number of aromatic amines is 1. The Bertz CT molecular complexity index is 830. The Morgan fingerprint density at radius 2 is 1.90 bits per heavy atom. The molecule has 0 bridgehead atoms. The van der Waals surface area contributed by atoms with Crippen molar-refractivity contribution in [1.82, 2.24) is 9.55 Å². The zero-order chi connectivity index (χ0) is 14.3. The van der Waals surface area contributed by atoms with Gasteiger partial charge in [-0.15, -0.1) is 0 Å². The van der Waals surface area contributed by atoms with Crippen LogP contribution in [0.4, 0.5) is 0 Å². The fourth-order valence-corrected chi connectivity index (χ4v) is 2.90. The molecule has 0 atom stereocenters. The third-order valence-electron chi connectivity index (χ3n) is 3.46. The van der Waals surface area contributed by atoms with Gasteiger partial charge in [-0.05, 0) is 48.0 Å². The van der Waals surface area contributed by atoms with Crippen molar-refractivity contribution in [3.63, 3.8) is 0 Å². The molecular weight excluding hydrogens is 288 g/mol. The Kier molecular flexibility index (Phi) is 3.40. The normalized spacial score (nSPS) is 11.4. The number of nitrogens with one attached hydrogen (secondary N) is 1. The van der Waals surface area contributed by atoms with Crippen molar-refractivity contribution in [2.45, 2.75) is 19.8 Å². The second-order valence-corrected chi connectivity index (χ2v) is 5.94. The molecule has 0 aliphatic carbocycles. The molecule has 0 saturated carbocycles. The van der Waals surface area contributed by atoms with Crippen LogP contribution in [0.1, 0.15) is 25.3 Å². The van der Waals surface area contributed by atoms with Gasteiger partial charge in [0.05, 0.1) is 16.1 Å². The fraction of sp³-hybridized carbons (Fsp3) is 0.188. The highest BCUT2D eigenvalue weighted by atomic mass is 35.5. The second-order valence-electron chi connectivity index (χ2n) is 5.15. The summed E-state index contributed by atoms with van der Waals surface area (Å²) in [6.45, 7) is 4.37. The molecule has 0 radical (unpaired) electrons. The van der Waals surface area contributed by atoms with Gasteiger partial charge in [-0.25, -0.2) is 0 Å². The smallest absolute Gasteiger partial charge is 0.182 e. The molecule has 2 nitrogen and oxygen atoms in total. The number of hydrogen-bond acceptors (Lipinski definition) is 1. The van der Waals surface area contributed by atoms with Gasteiger partial charge < -0.3 is 4.98 Å². The van der Waals surface area contributed by atoms with Crippen LogP contribution in [0.25, 0.3) is 16.7 Å². The van der Waals surface area contributed by atoms with E-state index < -0.39 is 0 Å². The molecule has 3 aromatic rings. The summed E-state index contributed by atoms with van der Waals surface area (Å²) in [6, 6.07) is 14.3. The van der Waals surface area contributed by atoms with E-state index in [1.54, 1.807) is 0 Å². The molecule has 3 rings (SSSR count). The summed E-state index contributed by atoms with van der Waals surface area (Å²) < 4.78 is 2.69. The molecule has 0 amide bonds. The highest BCUT2D eigenvalue weighted by Crippen LogP contribution is 2.26. The lowest BCUT2D eigenvalue weighted by atomic mass is 10.0. The average molecular weight is 303 g/mol. The summed E-state index contributed by atoms with van der Waals surface area (Å²) in [5.41, 5.74) is 4.24. The van der Waals surface area contributed by atoms with Crippen LogP contribution >= 0.6 is 23.8 Å². The van der Waals surface area contributed by atoms with Crippen molar-refractivity contribution >= 4 is 34.9 Å². The largest absolute Gasteiger partial charge is 0.329 e. The molecule has 4 heteroatoms. The number of H-pyrrole nitrogens is 1. The van der Waals surface area contributed by atoms with Crippen LogP contribution in [0, 0.1) is 4.77 Å². The van der Waals surface area contributed by atoms with E-state index in [0.717, 1.165) is 16.7 Å². The van der Waals surface area contributed by atoms with Gasteiger partial charge in [0.15, 0.2) is 4.77 Å². The number of aromatic nitrogens is 2. The van der Waals surface area contributed by atoms with Gasteiger partial charge >= 0.3 is 0 Å². The van der Waals surface area contributed by atoms with Gasteiger partial charge in [-0.3, -0.25) is 4.57 Å². The van der Waals surface area contributed by atoms with Gasteiger partial charge in [0.25, 0.3) is 0 Å². The van der Waals surface area contributed by atoms with Gasteiger partial charge in [0, 0.05) is 5.69 Å². The van der Waals surface area contributed by atoms with E-state index in [4.69, 9.17) is 23.8 Å². The maximum Gasteiger partial charge on any atom is 0.182 e. The highest BCUT2D eigenvalue weighted by molar-refractivity contribution is 7.71. The number of imidazole rings is 1. The van der Waals surface area contributed by atoms with E-state index in [9.17, 15) is 0 Å². The minimum absolute atomic E-state index is 0.484. The topological polar surface area (TPSA) is 20.7 Å². The highest BCUT2D eigenvalue weighted by Gasteiger charge is 2.09. The Balaban J connectivity index is 2.30. The van der Waals surface area contributed by atoms with Crippen molar-refractivity contribution in [2.75, 3.05) is 0 Å². The van der Waals surface area contributed by atoms with Crippen LogP contribution in [0.15, 0.2) is 42.5 Å². The Morgan fingerprint density at radius 1 is 1.15 bits per heavy atom. The molecule has 0 saturated heterocycles. The first-order valence-electron chi connectivity index (χ1n) is 6.57. The summed E-state index contributed by atoms with van der Waals surface area (Å²) >= 11 is 11.7. The molecule has 1 aromatic heterocycles. The van der Waals surface area contributed by atoms with Crippen LogP contribution in [-0.4, -0.2) is 9.55 Å². The van der Waals surface area contributed by atoms with E-state index in [2.05, 4.69) is 43.1 Å². The Morgan fingerprint density at radius 3 is 2.65 bits per heavy atom.